The molecule has 3 aliphatic carbocycles. The summed E-state index contributed by atoms with van der Waals surface area (Å²) >= 11 is 0. The number of allylic oxidation sites excluding steroid dienone is 1. The van der Waals surface area contributed by atoms with Crippen LogP contribution in [0.2, 0.25) is 0 Å². The van der Waals surface area contributed by atoms with Gasteiger partial charge in [0.1, 0.15) is 0 Å². The Morgan fingerprint density at radius 1 is 0.686 bits per heavy atom. The molecule has 3 nitrogen and oxygen atoms in total. The zero-order valence-corrected chi connectivity index (χ0v) is 22.1. The number of hydrogen-bond acceptors (Lipinski definition) is 3. The molecule has 0 radical (unpaired) electrons. The van der Waals surface area contributed by atoms with Gasteiger partial charge in [-0.25, -0.2) is 0 Å². The van der Waals surface area contributed by atoms with Crippen LogP contribution in [0.4, 0.5) is 8.78 Å². The lowest BCUT2D eigenvalue weighted by atomic mass is 9.67. The van der Waals surface area contributed by atoms with Crippen molar-refractivity contribution in [2.24, 2.45) is 35.5 Å². The van der Waals surface area contributed by atoms with Crippen molar-refractivity contribution in [3.05, 3.63) is 12.2 Å². The average molecular weight is 497 g/mol. The van der Waals surface area contributed by atoms with Crippen LogP contribution in [-0.4, -0.2) is 32.7 Å². The maximum atomic E-state index is 12.2. The van der Waals surface area contributed by atoms with Crippen molar-refractivity contribution in [1.82, 2.24) is 0 Å². The summed E-state index contributed by atoms with van der Waals surface area (Å²) in [7, 11) is 1.84. The van der Waals surface area contributed by atoms with Gasteiger partial charge in [0.25, 0.3) is 6.08 Å². The summed E-state index contributed by atoms with van der Waals surface area (Å²) in [5, 5.41) is 0. The summed E-state index contributed by atoms with van der Waals surface area (Å²) in [6, 6.07) is 0. The fourth-order valence-electron chi connectivity index (χ4n) is 7.68. The first-order valence-electron chi connectivity index (χ1n) is 14.9. The third-order valence-corrected chi connectivity index (χ3v) is 10.1. The summed E-state index contributed by atoms with van der Waals surface area (Å²) in [4.78, 5) is 0. The van der Waals surface area contributed by atoms with Crippen LogP contribution in [0.25, 0.3) is 0 Å². The van der Waals surface area contributed by atoms with Crippen LogP contribution >= 0.6 is 0 Å². The van der Waals surface area contributed by atoms with Gasteiger partial charge in [0.05, 0.1) is 19.3 Å². The predicted octanol–water partition coefficient (Wildman–Crippen LogP) is 8.52. The van der Waals surface area contributed by atoms with Crippen LogP contribution in [0.3, 0.4) is 0 Å². The van der Waals surface area contributed by atoms with Crippen molar-refractivity contribution < 1.29 is 23.0 Å². The second-order valence-electron chi connectivity index (χ2n) is 12.2. The number of unbranched alkanes of at least 4 members (excludes halogenated alkanes) is 1. The molecule has 1 aliphatic heterocycles. The highest BCUT2D eigenvalue weighted by molar-refractivity contribution is 4.86. The van der Waals surface area contributed by atoms with Crippen molar-refractivity contribution in [2.75, 3.05) is 20.3 Å². The Morgan fingerprint density at radius 3 is 1.77 bits per heavy atom. The quantitative estimate of drug-likeness (QED) is 0.284. The van der Waals surface area contributed by atoms with E-state index in [1.54, 1.807) is 0 Å². The fourth-order valence-corrected chi connectivity index (χ4v) is 7.68. The van der Waals surface area contributed by atoms with E-state index in [2.05, 4.69) is 0 Å². The number of methoxy groups -OCH3 is 1. The van der Waals surface area contributed by atoms with E-state index in [1.165, 1.54) is 83.5 Å². The van der Waals surface area contributed by atoms with Crippen LogP contribution in [0.15, 0.2) is 12.2 Å². The molecule has 4 aliphatic rings. The van der Waals surface area contributed by atoms with Crippen molar-refractivity contribution in [3.8, 4) is 0 Å². The second kappa shape index (κ2) is 14.4. The first-order chi connectivity index (χ1) is 17.1. The molecule has 1 saturated heterocycles. The lowest BCUT2D eigenvalue weighted by Crippen LogP contribution is -2.38. The van der Waals surface area contributed by atoms with E-state index in [1.807, 2.05) is 7.11 Å². The third kappa shape index (κ3) is 8.78. The SMILES string of the molecule is COC1CCC(CCC2OCC(C3CCC(C4CCC(CCCC=C(F)F)CC4)CC3)CO2)CC1. The molecular formula is C30H50F2O3. The van der Waals surface area contributed by atoms with E-state index >= 15 is 0 Å². The van der Waals surface area contributed by atoms with Crippen molar-refractivity contribution >= 4 is 0 Å². The van der Waals surface area contributed by atoms with Gasteiger partial charge >= 0.3 is 0 Å². The molecule has 0 spiro atoms. The van der Waals surface area contributed by atoms with E-state index < -0.39 is 6.08 Å². The third-order valence-electron chi connectivity index (χ3n) is 10.1. The van der Waals surface area contributed by atoms with E-state index in [-0.39, 0.29) is 6.29 Å². The Balaban J connectivity index is 1.06. The summed E-state index contributed by atoms with van der Waals surface area (Å²) in [5.74, 6) is 4.75. The molecule has 0 aromatic rings. The number of halogens is 2. The van der Waals surface area contributed by atoms with Gasteiger partial charge in [0.15, 0.2) is 6.29 Å². The molecule has 4 fully saturated rings. The molecule has 0 unspecified atom stereocenters. The Bertz CT molecular complexity index is 605. The molecule has 0 atom stereocenters. The zero-order chi connectivity index (χ0) is 24.5. The molecule has 0 aromatic carbocycles. The summed E-state index contributed by atoms with van der Waals surface area (Å²) in [6.45, 7) is 1.78. The second-order valence-corrected chi connectivity index (χ2v) is 12.2. The van der Waals surface area contributed by atoms with Gasteiger partial charge in [-0.05, 0) is 126 Å². The first kappa shape index (κ1) is 27.5. The average Bonchev–Trinajstić information content (AvgIpc) is 2.91. The topological polar surface area (TPSA) is 27.7 Å². The van der Waals surface area contributed by atoms with Crippen LogP contribution in [0, 0.1) is 35.5 Å². The molecule has 3 saturated carbocycles. The van der Waals surface area contributed by atoms with Gasteiger partial charge in [0, 0.05) is 13.0 Å². The Labute approximate surface area is 212 Å². The normalized spacial score (nSPS) is 38.7. The molecule has 0 bridgehead atoms. The highest BCUT2D eigenvalue weighted by Gasteiger charge is 2.35. The summed E-state index contributed by atoms with van der Waals surface area (Å²) in [5.41, 5.74) is 0. The van der Waals surface area contributed by atoms with Gasteiger partial charge in [-0.2, -0.15) is 8.78 Å². The molecule has 0 N–H and O–H groups in total. The summed E-state index contributed by atoms with van der Waals surface area (Å²) < 4.78 is 42.2. The number of rotatable bonds is 10. The number of hydrogen-bond donors (Lipinski definition) is 0. The van der Waals surface area contributed by atoms with Crippen LogP contribution in [0.1, 0.15) is 109 Å². The van der Waals surface area contributed by atoms with Crippen LogP contribution in [-0.2, 0) is 14.2 Å². The molecule has 1 heterocycles. The molecule has 5 heteroatoms. The van der Waals surface area contributed by atoms with Crippen LogP contribution in [0.5, 0.6) is 0 Å². The van der Waals surface area contributed by atoms with Gasteiger partial charge in [0.2, 0.25) is 0 Å². The van der Waals surface area contributed by atoms with Gasteiger partial charge in [-0.1, -0.05) is 19.3 Å². The lowest BCUT2D eigenvalue weighted by Gasteiger charge is -2.41. The molecular weight excluding hydrogens is 446 g/mol. The minimum Gasteiger partial charge on any atom is -0.381 e. The minimum absolute atomic E-state index is 0.0185. The van der Waals surface area contributed by atoms with Gasteiger partial charge in [-0.3, -0.25) is 0 Å². The lowest BCUT2D eigenvalue weighted by molar-refractivity contribution is -0.214. The van der Waals surface area contributed by atoms with E-state index in [0.29, 0.717) is 18.4 Å². The van der Waals surface area contributed by atoms with Crippen LogP contribution < -0.4 is 0 Å². The van der Waals surface area contributed by atoms with Crippen molar-refractivity contribution in [3.63, 3.8) is 0 Å². The maximum absolute atomic E-state index is 12.2. The molecule has 35 heavy (non-hydrogen) atoms. The summed E-state index contributed by atoms with van der Waals surface area (Å²) in [6.07, 6.45) is 20.7. The number of ether oxygens (including phenoxy) is 3. The highest BCUT2D eigenvalue weighted by atomic mass is 19.3. The predicted molar refractivity (Wildman–Crippen MR) is 136 cm³/mol. The Morgan fingerprint density at radius 2 is 1.20 bits per heavy atom. The van der Waals surface area contributed by atoms with Crippen molar-refractivity contribution in [2.45, 2.75) is 122 Å². The van der Waals surface area contributed by atoms with E-state index in [4.69, 9.17) is 14.2 Å². The smallest absolute Gasteiger partial charge is 0.266 e. The highest BCUT2D eigenvalue weighted by Crippen LogP contribution is 2.44. The molecule has 0 aromatic heterocycles. The van der Waals surface area contributed by atoms with Crippen molar-refractivity contribution in [1.29, 1.82) is 0 Å². The van der Waals surface area contributed by atoms with E-state index in [9.17, 15) is 8.78 Å². The standard InChI is InChI=1S/C30H50F2O3/c1-33-28-17-8-23(9-18-28)10-19-30-34-20-27(21-35-30)26-15-13-25(14-16-26)24-11-6-22(7-12-24)4-2-3-5-29(31)32/h5,22-28,30H,2-4,6-21H2,1H3. The largest absolute Gasteiger partial charge is 0.381 e. The van der Waals surface area contributed by atoms with Gasteiger partial charge < -0.3 is 14.2 Å². The molecule has 4 rings (SSSR count). The molecule has 0 amide bonds. The molecule has 202 valence electrons. The Hall–Kier alpha value is -0.520. The Kier molecular flexibility index (Phi) is 11.3. The first-order valence-corrected chi connectivity index (χ1v) is 14.9. The minimum atomic E-state index is -1.52. The monoisotopic (exact) mass is 496 g/mol. The fraction of sp³-hybridized carbons (Fsp3) is 0.933. The maximum Gasteiger partial charge on any atom is 0.266 e. The van der Waals surface area contributed by atoms with E-state index in [0.717, 1.165) is 68.1 Å². The zero-order valence-electron chi connectivity index (χ0n) is 22.1. The van der Waals surface area contributed by atoms with Gasteiger partial charge in [-0.15, -0.1) is 0 Å².